The Morgan fingerprint density at radius 2 is 1.86 bits per heavy atom. The maximum atomic E-state index is 12.8. The van der Waals surface area contributed by atoms with Crippen LogP contribution in [0.25, 0.3) is 0 Å². The minimum absolute atomic E-state index is 0.0610. The zero-order chi connectivity index (χ0) is 14.9. The number of benzene rings is 2. The van der Waals surface area contributed by atoms with Gasteiger partial charge in [-0.1, -0.05) is 24.3 Å². The fourth-order valence-electron chi connectivity index (χ4n) is 2.48. The van der Waals surface area contributed by atoms with E-state index in [0.29, 0.717) is 5.69 Å². The van der Waals surface area contributed by atoms with Crippen LogP contribution in [0.2, 0.25) is 0 Å². The first-order valence-electron chi connectivity index (χ1n) is 6.69. The van der Waals surface area contributed by atoms with Gasteiger partial charge in [-0.25, -0.2) is 0 Å². The van der Waals surface area contributed by atoms with Crippen molar-refractivity contribution in [1.29, 1.82) is 0 Å². The largest absolute Gasteiger partial charge is 0.416 e. The SMILES string of the molecule is FC(F)(F)c1cccc(NC2CCSc3ccccc32)c1. The molecule has 1 N–H and O–H groups in total. The molecule has 2 aromatic carbocycles. The molecule has 3 rings (SSSR count). The number of hydrogen-bond donors (Lipinski definition) is 1. The van der Waals surface area contributed by atoms with Gasteiger partial charge in [-0.3, -0.25) is 0 Å². The number of alkyl halides is 3. The summed E-state index contributed by atoms with van der Waals surface area (Å²) in [6.45, 7) is 0. The molecule has 0 aromatic heterocycles. The molecule has 1 aliphatic heterocycles. The third kappa shape index (κ3) is 3.18. The van der Waals surface area contributed by atoms with Crippen molar-refractivity contribution >= 4 is 17.4 Å². The van der Waals surface area contributed by atoms with E-state index in [1.807, 2.05) is 18.2 Å². The maximum Gasteiger partial charge on any atom is 0.416 e. The van der Waals surface area contributed by atoms with Gasteiger partial charge < -0.3 is 5.32 Å². The van der Waals surface area contributed by atoms with Gasteiger partial charge in [-0.15, -0.1) is 11.8 Å². The number of rotatable bonds is 2. The van der Waals surface area contributed by atoms with Crippen LogP contribution in [0.5, 0.6) is 0 Å². The maximum absolute atomic E-state index is 12.8. The molecule has 1 unspecified atom stereocenters. The van der Waals surface area contributed by atoms with Crippen molar-refractivity contribution in [3.63, 3.8) is 0 Å². The van der Waals surface area contributed by atoms with Crippen LogP contribution in [0.1, 0.15) is 23.6 Å². The Bertz CT molecular complexity index is 639. The molecule has 21 heavy (non-hydrogen) atoms. The van der Waals surface area contributed by atoms with Crippen LogP contribution in [0.4, 0.5) is 18.9 Å². The topological polar surface area (TPSA) is 12.0 Å². The van der Waals surface area contributed by atoms with E-state index < -0.39 is 11.7 Å². The third-order valence-electron chi connectivity index (χ3n) is 3.49. The first-order chi connectivity index (χ1) is 10.0. The van der Waals surface area contributed by atoms with Gasteiger partial charge in [-0.2, -0.15) is 13.2 Å². The Balaban J connectivity index is 1.85. The van der Waals surface area contributed by atoms with Gasteiger partial charge in [0.1, 0.15) is 0 Å². The van der Waals surface area contributed by atoms with Crippen molar-refractivity contribution < 1.29 is 13.2 Å². The molecule has 0 spiro atoms. The molecular formula is C16H14F3NS. The molecule has 1 aliphatic rings. The molecule has 0 aliphatic carbocycles. The van der Waals surface area contributed by atoms with Crippen molar-refractivity contribution in [2.45, 2.75) is 23.5 Å². The van der Waals surface area contributed by atoms with Gasteiger partial charge in [0.15, 0.2) is 0 Å². The number of halogens is 3. The average Bonchev–Trinajstić information content (AvgIpc) is 2.47. The first-order valence-corrected chi connectivity index (χ1v) is 7.68. The van der Waals surface area contributed by atoms with Crippen LogP contribution in [-0.4, -0.2) is 5.75 Å². The molecule has 0 fully saturated rings. The second-order valence-electron chi connectivity index (χ2n) is 4.95. The zero-order valence-corrected chi connectivity index (χ0v) is 12.0. The summed E-state index contributed by atoms with van der Waals surface area (Å²) < 4.78 is 38.3. The van der Waals surface area contributed by atoms with Crippen molar-refractivity contribution in [2.24, 2.45) is 0 Å². The van der Waals surface area contributed by atoms with E-state index in [2.05, 4.69) is 11.4 Å². The van der Waals surface area contributed by atoms with Crippen molar-refractivity contribution in [2.75, 3.05) is 11.1 Å². The number of anilines is 1. The zero-order valence-electron chi connectivity index (χ0n) is 11.2. The number of hydrogen-bond acceptors (Lipinski definition) is 2. The normalized spacial score (nSPS) is 18.1. The van der Waals surface area contributed by atoms with E-state index in [9.17, 15) is 13.2 Å². The second-order valence-corrected chi connectivity index (χ2v) is 6.09. The Labute approximate surface area is 125 Å². The lowest BCUT2D eigenvalue weighted by Gasteiger charge is -2.27. The minimum atomic E-state index is -4.31. The minimum Gasteiger partial charge on any atom is -0.378 e. The molecular weight excluding hydrogens is 295 g/mol. The highest BCUT2D eigenvalue weighted by atomic mass is 32.2. The number of nitrogens with one attached hydrogen (secondary N) is 1. The lowest BCUT2D eigenvalue weighted by Crippen LogP contribution is -2.16. The Morgan fingerprint density at radius 1 is 1.05 bits per heavy atom. The summed E-state index contributed by atoms with van der Waals surface area (Å²) >= 11 is 1.79. The fourth-order valence-corrected chi connectivity index (χ4v) is 3.60. The fraction of sp³-hybridized carbons (Fsp3) is 0.250. The summed E-state index contributed by atoms with van der Waals surface area (Å²) in [7, 11) is 0. The lowest BCUT2D eigenvalue weighted by atomic mass is 10.0. The molecule has 0 amide bonds. The Hall–Kier alpha value is -1.62. The highest BCUT2D eigenvalue weighted by Crippen LogP contribution is 2.38. The van der Waals surface area contributed by atoms with Gasteiger partial charge >= 0.3 is 6.18 Å². The molecule has 5 heteroatoms. The summed E-state index contributed by atoms with van der Waals surface area (Å²) in [5.41, 5.74) is 1.05. The highest BCUT2D eigenvalue weighted by Gasteiger charge is 2.30. The van der Waals surface area contributed by atoms with Crippen LogP contribution in [0, 0.1) is 0 Å². The molecule has 0 radical (unpaired) electrons. The van der Waals surface area contributed by atoms with Crippen LogP contribution >= 0.6 is 11.8 Å². The molecule has 0 saturated heterocycles. The second kappa shape index (κ2) is 5.64. The monoisotopic (exact) mass is 309 g/mol. The smallest absolute Gasteiger partial charge is 0.378 e. The molecule has 110 valence electrons. The van der Waals surface area contributed by atoms with Crippen LogP contribution in [0.15, 0.2) is 53.4 Å². The van der Waals surface area contributed by atoms with E-state index in [4.69, 9.17) is 0 Å². The van der Waals surface area contributed by atoms with E-state index in [-0.39, 0.29) is 6.04 Å². The average molecular weight is 309 g/mol. The molecule has 0 bridgehead atoms. The Kier molecular flexibility index (Phi) is 3.85. The molecule has 2 aromatic rings. The molecule has 0 saturated carbocycles. The van der Waals surface area contributed by atoms with E-state index in [1.165, 1.54) is 17.0 Å². The summed E-state index contributed by atoms with van der Waals surface area (Å²) in [5.74, 6) is 0.966. The van der Waals surface area contributed by atoms with E-state index >= 15 is 0 Å². The van der Waals surface area contributed by atoms with E-state index in [0.717, 1.165) is 23.8 Å². The predicted octanol–water partition coefficient (Wildman–Crippen LogP) is 5.35. The van der Waals surface area contributed by atoms with Gasteiger partial charge in [0.25, 0.3) is 0 Å². The quantitative estimate of drug-likeness (QED) is 0.802. The van der Waals surface area contributed by atoms with Crippen LogP contribution in [0.3, 0.4) is 0 Å². The van der Waals surface area contributed by atoms with Crippen molar-refractivity contribution in [1.82, 2.24) is 0 Å². The van der Waals surface area contributed by atoms with E-state index in [1.54, 1.807) is 17.8 Å². The number of fused-ring (bicyclic) bond motifs is 1. The number of thioether (sulfide) groups is 1. The Morgan fingerprint density at radius 3 is 2.67 bits per heavy atom. The van der Waals surface area contributed by atoms with Gasteiger partial charge in [0.2, 0.25) is 0 Å². The third-order valence-corrected chi connectivity index (χ3v) is 4.61. The highest BCUT2D eigenvalue weighted by molar-refractivity contribution is 7.99. The van der Waals surface area contributed by atoms with Crippen LogP contribution in [-0.2, 0) is 6.18 Å². The lowest BCUT2D eigenvalue weighted by molar-refractivity contribution is -0.137. The predicted molar refractivity (Wildman–Crippen MR) is 79.6 cm³/mol. The van der Waals surface area contributed by atoms with Crippen molar-refractivity contribution in [3.8, 4) is 0 Å². The van der Waals surface area contributed by atoms with Gasteiger partial charge in [-0.05, 0) is 36.2 Å². The van der Waals surface area contributed by atoms with Gasteiger partial charge in [0.05, 0.1) is 11.6 Å². The van der Waals surface area contributed by atoms with Gasteiger partial charge in [0, 0.05) is 16.3 Å². The molecule has 1 nitrogen and oxygen atoms in total. The molecule has 1 heterocycles. The first kappa shape index (κ1) is 14.3. The molecule has 1 atom stereocenters. The standard InChI is InChI=1S/C16H14F3NS/c17-16(18,19)11-4-3-5-12(10-11)20-14-8-9-21-15-7-2-1-6-13(14)15/h1-7,10,14,20H,8-9H2. The summed E-state index contributed by atoms with van der Waals surface area (Å²) in [6.07, 6.45) is -3.41. The summed E-state index contributed by atoms with van der Waals surface area (Å²) in [4.78, 5) is 1.20. The van der Waals surface area contributed by atoms with Crippen LogP contribution < -0.4 is 5.32 Å². The van der Waals surface area contributed by atoms with Crippen molar-refractivity contribution in [3.05, 3.63) is 59.7 Å². The summed E-state index contributed by atoms with van der Waals surface area (Å²) in [5, 5.41) is 3.24. The summed E-state index contributed by atoms with van der Waals surface area (Å²) in [6, 6.07) is 13.5.